The highest BCUT2D eigenvalue weighted by atomic mass is 16.5. The average Bonchev–Trinajstić information content (AvgIpc) is 4.11. The Bertz CT molecular complexity index is 3040. The van der Waals surface area contributed by atoms with Crippen LogP contribution in [0.15, 0.2) is 115 Å². The number of ether oxygens (including phenoxy) is 4. The van der Waals surface area contributed by atoms with Crippen LogP contribution in [0.1, 0.15) is 33.1 Å². The van der Waals surface area contributed by atoms with Gasteiger partial charge in [-0.3, -0.25) is 4.79 Å². The molecule has 1 aliphatic carbocycles. The Hall–Kier alpha value is -7.65. The van der Waals surface area contributed by atoms with Crippen LogP contribution in [-0.4, -0.2) is 54.2 Å². The van der Waals surface area contributed by atoms with Crippen LogP contribution < -0.4 is 18.9 Å². The molecule has 0 saturated carbocycles. The number of allylic oxidation sites excluding steroid dienone is 1. The summed E-state index contributed by atoms with van der Waals surface area (Å²) in [6.45, 7) is 0. The quantitative estimate of drug-likeness (QED) is 0.166. The number of hydrogen-bond acceptors (Lipinski definition) is 7. The molecule has 0 atom stereocenters. The second kappa shape index (κ2) is 13.8. The number of ketones is 1. The maximum Gasteiger partial charge on any atom is 0.196 e. The maximum absolute atomic E-state index is 14.5. The third-order valence-electron chi connectivity index (χ3n) is 11.0. The molecule has 0 fully saturated rings. The average molecular weight is 761 g/mol. The molecule has 0 amide bonds. The first-order valence-electron chi connectivity index (χ1n) is 18.8. The molecule has 0 spiro atoms. The van der Waals surface area contributed by atoms with Gasteiger partial charge in [-0.2, -0.15) is 0 Å². The maximum atomic E-state index is 14.5. The number of nitrogens with one attached hydrogen (secondary N) is 2. The van der Waals surface area contributed by atoms with Gasteiger partial charge < -0.3 is 28.9 Å². The summed E-state index contributed by atoms with van der Waals surface area (Å²) in [5.41, 5.74) is 14.3. The fourth-order valence-electron chi connectivity index (χ4n) is 8.12. The van der Waals surface area contributed by atoms with Crippen LogP contribution in [0.25, 0.3) is 90.4 Å². The molecule has 2 aliphatic heterocycles. The molecule has 8 bridgehead atoms. The zero-order valence-corrected chi connectivity index (χ0v) is 32.1. The number of aromatic amines is 2. The van der Waals surface area contributed by atoms with Crippen LogP contribution >= 0.6 is 0 Å². The Balaban J connectivity index is 1.38. The van der Waals surface area contributed by atoms with Gasteiger partial charge in [-0.15, -0.1) is 0 Å². The Kier molecular flexibility index (Phi) is 8.30. The summed E-state index contributed by atoms with van der Waals surface area (Å²) in [6, 6.07) is 37.8. The summed E-state index contributed by atoms with van der Waals surface area (Å²) in [6.07, 6.45) is 6.04. The predicted molar refractivity (Wildman–Crippen MR) is 230 cm³/mol. The molecule has 9 heteroatoms. The van der Waals surface area contributed by atoms with E-state index < -0.39 is 0 Å². The first-order chi connectivity index (χ1) is 28.4. The number of carbonyl (C=O) groups is 1. The van der Waals surface area contributed by atoms with Crippen molar-refractivity contribution in [2.45, 2.75) is 0 Å². The molecule has 282 valence electrons. The van der Waals surface area contributed by atoms with E-state index >= 15 is 0 Å². The summed E-state index contributed by atoms with van der Waals surface area (Å²) < 4.78 is 22.2. The molecule has 3 aliphatic rings. The van der Waals surface area contributed by atoms with Crippen molar-refractivity contribution in [3.05, 3.63) is 144 Å². The topological polar surface area (TPSA) is 111 Å². The van der Waals surface area contributed by atoms with E-state index in [1.807, 2.05) is 97.1 Å². The standard InChI is InChI=1S/C49H36N4O5/c1-55-30-11-5-27(6-12-30)44-37-19-20-38(50-37)45(28-7-13-31(56-2)14-8-28)40-23-24-42(52-40)47-34-18-17-33(58-4)25-35(34)49(54)36-26-43(53-48(36)47)46(41-22-21-39(44)51-41)29-9-15-32(57-3)16-10-29/h5-26,51-52H,1-4H3. The molecule has 58 heavy (non-hydrogen) atoms. The zero-order valence-electron chi connectivity index (χ0n) is 32.1. The van der Waals surface area contributed by atoms with Crippen molar-refractivity contribution in [1.82, 2.24) is 19.9 Å². The van der Waals surface area contributed by atoms with Crippen molar-refractivity contribution < 1.29 is 23.7 Å². The van der Waals surface area contributed by atoms with E-state index in [1.165, 1.54) is 0 Å². The number of Topliss-reactive ketones (excluding diaryl/α,β-unsaturated/α-hetero) is 1. The highest BCUT2D eigenvalue weighted by molar-refractivity contribution is 6.38. The van der Waals surface area contributed by atoms with E-state index in [1.54, 1.807) is 28.4 Å². The van der Waals surface area contributed by atoms with E-state index in [-0.39, 0.29) is 5.78 Å². The van der Waals surface area contributed by atoms with Gasteiger partial charge in [-0.1, -0.05) is 36.4 Å². The lowest BCUT2D eigenvalue weighted by Gasteiger charge is -2.18. The Labute approximate surface area is 333 Å². The number of rotatable bonds is 7. The van der Waals surface area contributed by atoms with Gasteiger partial charge in [0.1, 0.15) is 23.0 Å². The molecule has 3 aromatic heterocycles. The lowest BCUT2D eigenvalue weighted by Crippen LogP contribution is -2.11. The Morgan fingerprint density at radius 3 is 1.29 bits per heavy atom. The monoisotopic (exact) mass is 760 g/mol. The van der Waals surface area contributed by atoms with Crippen molar-refractivity contribution in [1.29, 1.82) is 0 Å². The number of fused-ring (bicyclic) bond motifs is 10. The fraction of sp³-hybridized carbons (Fsp3) is 0.0816. The fourth-order valence-corrected chi connectivity index (χ4v) is 8.12. The molecule has 5 heterocycles. The first kappa shape index (κ1) is 34.8. The minimum absolute atomic E-state index is 0.119. The van der Waals surface area contributed by atoms with Crippen LogP contribution in [0, 0.1) is 0 Å². The lowest BCUT2D eigenvalue weighted by molar-refractivity contribution is 0.105. The van der Waals surface area contributed by atoms with E-state index in [4.69, 9.17) is 28.9 Å². The Morgan fingerprint density at radius 2 is 0.845 bits per heavy atom. The van der Waals surface area contributed by atoms with Gasteiger partial charge in [0.05, 0.1) is 56.8 Å². The van der Waals surface area contributed by atoms with Gasteiger partial charge in [-0.25, -0.2) is 9.97 Å². The van der Waals surface area contributed by atoms with E-state index in [0.717, 1.165) is 95.2 Å². The zero-order chi connectivity index (χ0) is 39.5. The van der Waals surface area contributed by atoms with Crippen molar-refractivity contribution in [3.8, 4) is 67.5 Å². The summed E-state index contributed by atoms with van der Waals surface area (Å²) in [5.74, 6) is 2.72. The number of benzene rings is 4. The molecular formula is C49H36N4O5. The molecular weight excluding hydrogens is 725 g/mol. The van der Waals surface area contributed by atoms with E-state index in [9.17, 15) is 4.79 Å². The number of aromatic nitrogens is 4. The summed E-state index contributed by atoms with van der Waals surface area (Å²) >= 11 is 0. The minimum atomic E-state index is -0.119. The number of hydrogen-bond donors (Lipinski definition) is 2. The van der Waals surface area contributed by atoms with Crippen molar-refractivity contribution in [2.24, 2.45) is 0 Å². The summed E-state index contributed by atoms with van der Waals surface area (Å²) in [5, 5.41) is 0. The summed E-state index contributed by atoms with van der Waals surface area (Å²) in [7, 11) is 6.58. The minimum Gasteiger partial charge on any atom is -0.497 e. The molecule has 9 nitrogen and oxygen atoms in total. The first-order valence-corrected chi connectivity index (χ1v) is 18.8. The highest BCUT2D eigenvalue weighted by Crippen LogP contribution is 2.46. The van der Waals surface area contributed by atoms with Gasteiger partial charge in [0, 0.05) is 49.9 Å². The second-order valence-corrected chi connectivity index (χ2v) is 14.1. The second-order valence-electron chi connectivity index (χ2n) is 14.1. The normalized spacial score (nSPS) is 12.6. The van der Waals surface area contributed by atoms with Crippen LogP contribution in [0.2, 0.25) is 0 Å². The van der Waals surface area contributed by atoms with Crippen molar-refractivity contribution in [2.75, 3.05) is 28.4 Å². The molecule has 2 N–H and O–H groups in total. The third-order valence-corrected chi connectivity index (χ3v) is 11.0. The summed E-state index contributed by atoms with van der Waals surface area (Å²) in [4.78, 5) is 32.8. The van der Waals surface area contributed by atoms with Crippen molar-refractivity contribution >= 4 is 51.7 Å². The molecule has 7 aromatic rings. The SMILES string of the molecule is COc1ccc(-c2c3nc(c(-c4ccc(OC)cc4)c4ccc([nH]4)c4c5nc(c(-c6ccc(OC)cc6)c6ccc2[nH]6)C=C5C(=O)c2cc(OC)ccc2-4)C=C3)cc1. The van der Waals surface area contributed by atoms with Gasteiger partial charge >= 0.3 is 0 Å². The number of carbonyl (C=O) groups excluding carboxylic acids is 1. The van der Waals surface area contributed by atoms with Gasteiger partial charge in [-0.05, 0) is 119 Å². The van der Waals surface area contributed by atoms with E-state index in [0.29, 0.717) is 28.3 Å². The highest BCUT2D eigenvalue weighted by Gasteiger charge is 2.33. The smallest absolute Gasteiger partial charge is 0.196 e. The molecule has 0 unspecified atom stereocenters. The molecule has 4 aromatic carbocycles. The van der Waals surface area contributed by atoms with Gasteiger partial charge in [0.2, 0.25) is 0 Å². The van der Waals surface area contributed by atoms with Crippen LogP contribution in [0.4, 0.5) is 0 Å². The third kappa shape index (κ3) is 5.66. The van der Waals surface area contributed by atoms with Crippen LogP contribution in [-0.2, 0) is 0 Å². The van der Waals surface area contributed by atoms with Crippen LogP contribution in [0.5, 0.6) is 23.0 Å². The molecule has 0 radical (unpaired) electrons. The van der Waals surface area contributed by atoms with Gasteiger partial charge in [0.25, 0.3) is 0 Å². The van der Waals surface area contributed by atoms with E-state index in [2.05, 4.69) is 46.4 Å². The molecule has 0 saturated heterocycles. The predicted octanol–water partition coefficient (Wildman–Crippen LogP) is 10.9. The van der Waals surface area contributed by atoms with Gasteiger partial charge in [0.15, 0.2) is 5.78 Å². The largest absolute Gasteiger partial charge is 0.497 e. The lowest BCUT2D eigenvalue weighted by atomic mass is 9.84. The van der Waals surface area contributed by atoms with Crippen molar-refractivity contribution in [3.63, 3.8) is 0 Å². The number of methoxy groups -OCH3 is 4. The number of H-pyrrole nitrogens is 2. The number of nitrogens with zero attached hydrogens (tertiary/aromatic N) is 2. The van der Waals surface area contributed by atoms with Crippen LogP contribution in [0.3, 0.4) is 0 Å². The molecule has 10 rings (SSSR count). The Morgan fingerprint density at radius 1 is 0.431 bits per heavy atom.